The van der Waals surface area contributed by atoms with Gasteiger partial charge in [-0.3, -0.25) is 4.99 Å². The molecule has 0 fully saturated rings. The number of benzene rings is 2. The lowest BCUT2D eigenvalue weighted by Crippen LogP contribution is -1.89. The Kier molecular flexibility index (Phi) is 5.11. The molecule has 1 aromatic heterocycles. The molecule has 0 spiro atoms. The first-order valence-electron chi connectivity index (χ1n) is 8.44. The summed E-state index contributed by atoms with van der Waals surface area (Å²) in [5.74, 6) is 2.03. The monoisotopic (exact) mass is 328 g/mol. The third-order valence-corrected chi connectivity index (χ3v) is 4.34. The molecule has 0 unspecified atom stereocenters. The van der Waals surface area contributed by atoms with E-state index in [1.807, 2.05) is 36.4 Å². The summed E-state index contributed by atoms with van der Waals surface area (Å²) in [5.41, 5.74) is 3.82. The minimum atomic E-state index is 0.568. The zero-order valence-corrected chi connectivity index (χ0v) is 14.4. The highest BCUT2D eigenvalue weighted by atomic mass is 16.3. The van der Waals surface area contributed by atoms with Crippen molar-refractivity contribution in [2.45, 2.75) is 26.2 Å². The molecule has 3 aromatic rings. The van der Waals surface area contributed by atoms with Gasteiger partial charge in [0.25, 0.3) is 0 Å². The van der Waals surface area contributed by atoms with Gasteiger partial charge in [0.15, 0.2) is 0 Å². The number of rotatable bonds is 5. The second kappa shape index (κ2) is 7.63. The van der Waals surface area contributed by atoms with Crippen LogP contribution >= 0.6 is 0 Å². The van der Waals surface area contributed by atoms with E-state index in [4.69, 9.17) is 9.68 Å². The molecular weight excluding hydrogens is 308 g/mol. The Bertz CT molecular complexity index is 896. The van der Waals surface area contributed by atoms with E-state index < -0.39 is 0 Å². The number of aliphatic imine (C=N–C) groups is 1. The normalized spacial score (nSPS) is 12.2. The number of furan rings is 1. The molecule has 124 valence electrons. The Morgan fingerprint density at radius 1 is 1.04 bits per heavy atom. The molecule has 25 heavy (non-hydrogen) atoms. The van der Waals surface area contributed by atoms with E-state index in [-0.39, 0.29) is 0 Å². The van der Waals surface area contributed by atoms with Crippen LogP contribution in [0.2, 0.25) is 0 Å². The van der Waals surface area contributed by atoms with Gasteiger partial charge in [0.05, 0.1) is 23.5 Å². The summed E-state index contributed by atoms with van der Waals surface area (Å²) in [6.45, 7) is 4.42. The van der Waals surface area contributed by atoms with E-state index in [1.54, 1.807) is 18.3 Å². The molecular formula is C22H20N2O. The average molecular weight is 328 g/mol. The van der Waals surface area contributed by atoms with Crippen molar-refractivity contribution in [2.75, 3.05) is 0 Å². The van der Waals surface area contributed by atoms with Gasteiger partial charge in [-0.2, -0.15) is 5.26 Å². The summed E-state index contributed by atoms with van der Waals surface area (Å²) >= 11 is 0. The van der Waals surface area contributed by atoms with E-state index >= 15 is 0 Å². The van der Waals surface area contributed by atoms with Crippen LogP contribution in [0.3, 0.4) is 0 Å². The highest BCUT2D eigenvalue weighted by Gasteiger charge is 2.04. The molecule has 3 nitrogen and oxygen atoms in total. The summed E-state index contributed by atoms with van der Waals surface area (Å²) in [4.78, 5) is 4.48. The Balaban J connectivity index is 1.72. The van der Waals surface area contributed by atoms with E-state index in [2.05, 4.69) is 37.0 Å². The second-order valence-electron chi connectivity index (χ2n) is 6.05. The zero-order valence-electron chi connectivity index (χ0n) is 14.4. The molecule has 0 N–H and O–H groups in total. The first-order chi connectivity index (χ1) is 12.2. The van der Waals surface area contributed by atoms with Crippen molar-refractivity contribution in [1.29, 1.82) is 5.26 Å². The molecule has 0 saturated carbocycles. The van der Waals surface area contributed by atoms with Crippen molar-refractivity contribution in [2.24, 2.45) is 4.99 Å². The van der Waals surface area contributed by atoms with Crippen molar-refractivity contribution in [1.82, 2.24) is 0 Å². The molecule has 0 radical (unpaired) electrons. The van der Waals surface area contributed by atoms with E-state index in [1.165, 1.54) is 5.56 Å². The van der Waals surface area contributed by atoms with Crippen molar-refractivity contribution < 1.29 is 4.42 Å². The lowest BCUT2D eigenvalue weighted by molar-refractivity contribution is 0.575. The van der Waals surface area contributed by atoms with E-state index in [9.17, 15) is 0 Å². The number of hydrogen-bond acceptors (Lipinski definition) is 3. The molecule has 0 aliphatic rings. The van der Waals surface area contributed by atoms with Gasteiger partial charge in [0, 0.05) is 5.56 Å². The molecule has 3 rings (SSSR count). The number of nitrogens with zero attached hydrogens (tertiary/aromatic N) is 2. The van der Waals surface area contributed by atoms with Crippen LogP contribution in [0.5, 0.6) is 0 Å². The van der Waals surface area contributed by atoms with Gasteiger partial charge >= 0.3 is 0 Å². The van der Waals surface area contributed by atoms with Gasteiger partial charge in [0.2, 0.25) is 0 Å². The molecule has 3 heteroatoms. The van der Waals surface area contributed by atoms with Crippen molar-refractivity contribution in [3.05, 3.63) is 77.6 Å². The summed E-state index contributed by atoms with van der Waals surface area (Å²) in [7, 11) is 0. The van der Waals surface area contributed by atoms with Crippen LogP contribution in [0.25, 0.3) is 11.3 Å². The predicted octanol–water partition coefficient (Wildman–Crippen LogP) is 6.08. The van der Waals surface area contributed by atoms with Gasteiger partial charge < -0.3 is 4.42 Å². The fourth-order valence-corrected chi connectivity index (χ4v) is 2.55. The predicted molar refractivity (Wildman–Crippen MR) is 101 cm³/mol. The Morgan fingerprint density at radius 3 is 2.40 bits per heavy atom. The first-order valence-corrected chi connectivity index (χ1v) is 8.44. The maximum absolute atomic E-state index is 8.85. The molecule has 0 saturated heterocycles. The van der Waals surface area contributed by atoms with Crippen molar-refractivity contribution >= 4 is 11.9 Å². The highest BCUT2D eigenvalue weighted by molar-refractivity contribution is 5.79. The highest BCUT2D eigenvalue weighted by Crippen LogP contribution is 2.24. The molecule has 1 atom stereocenters. The van der Waals surface area contributed by atoms with Crippen LogP contribution in [-0.2, 0) is 0 Å². The third-order valence-electron chi connectivity index (χ3n) is 4.34. The van der Waals surface area contributed by atoms with Crippen LogP contribution in [0.4, 0.5) is 5.69 Å². The van der Waals surface area contributed by atoms with Crippen LogP contribution in [0.1, 0.15) is 43.1 Å². The third kappa shape index (κ3) is 4.05. The maximum atomic E-state index is 8.85. The molecule has 0 aliphatic carbocycles. The molecule has 1 heterocycles. The van der Waals surface area contributed by atoms with Crippen LogP contribution in [-0.4, -0.2) is 6.21 Å². The SMILES string of the molecule is CC[C@@H](C)c1ccc(N=Cc2ccc(-c3ccc(C#N)cc3)o2)cc1. The van der Waals surface area contributed by atoms with E-state index in [0.29, 0.717) is 17.2 Å². The zero-order chi connectivity index (χ0) is 17.6. The van der Waals surface area contributed by atoms with Gasteiger partial charge in [-0.25, -0.2) is 0 Å². The van der Waals surface area contributed by atoms with Crippen LogP contribution in [0, 0.1) is 11.3 Å². The van der Waals surface area contributed by atoms with Crippen molar-refractivity contribution in [3.8, 4) is 17.4 Å². The molecule has 2 aromatic carbocycles. The summed E-state index contributed by atoms with van der Waals surface area (Å²) in [5, 5.41) is 8.85. The molecule has 0 amide bonds. The summed E-state index contributed by atoms with van der Waals surface area (Å²) in [6.07, 6.45) is 2.86. The quantitative estimate of drug-likeness (QED) is 0.533. The van der Waals surface area contributed by atoms with Crippen LogP contribution in [0.15, 0.2) is 70.1 Å². The molecule has 0 bridgehead atoms. The maximum Gasteiger partial charge on any atom is 0.145 e. The lowest BCUT2D eigenvalue weighted by Gasteiger charge is -2.08. The fourth-order valence-electron chi connectivity index (χ4n) is 2.55. The largest absolute Gasteiger partial charge is 0.455 e. The average Bonchev–Trinajstić information content (AvgIpc) is 3.15. The van der Waals surface area contributed by atoms with Gasteiger partial charge in [0.1, 0.15) is 11.5 Å². The minimum absolute atomic E-state index is 0.568. The Labute approximate surface area is 148 Å². The number of hydrogen-bond donors (Lipinski definition) is 0. The molecule has 0 aliphatic heterocycles. The summed E-state index contributed by atoms with van der Waals surface area (Å²) in [6, 6.07) is 21.6. The minimum Gasteiger partial charge on any atom is -0.455 e. The first kappa shape index (κ1) is 16.7. The Morgan fingerprint density at radius 2 is 1.76 bits per heavy atom. The topological polar surface area (TPSA) is 49.3 Å². The fraction of sp³-hybridized carbons (Fsp3) is 0.182. The number of nitriles is 1. The van der Waals surface area contributed by atoms with Gasteiger partial charge in [-0.15, -0.1) is 0 Å². The second-order valence-corrected chi connectivity index (χ2v) is 6.05. The summed E-state index contributed by atoms with van der Waals surface area (Å²) < 4.78 is 5.81. The lowest BCUT2D eigenvalue weighted by atomic mass is 9.99. The standard InChI is InChI=1S/C22H20N2O/c1-3-16(2)18-8-10-20(11-9-18)24-15-21-12-13-22(25-21)19-6-4-17(14-23)5-7-19/h4-13,15-16H,3H2,1-2H3/t16-/m1/s1. The van der Waals surface area contributed by atoms with E-state index in [0.717, 1.165) is 23.4 Å². The van der Waals surface area contributed by atoms with Gasteiger partial charge in [-0.05, 0) is 66.4 Å². The van der Waals surface area contributed by atoms with Gasteiger partial charge in [-0.1, -0.05) is 26.0 Å². The Hall–Kier alpha value is -3.12. The smallest absolute Gasteiger partial charge is 0.145 e. The van der Waals surface area contributed by atoms with Crippen LogP contribution < -0.4 is 0 Å². The van der Waals surface area contributed by atoms with Crippen molar-refractivity contribution in [3.63, 3.8) is 0 Å².